The highest BCUT2D eigenvalue weighted by Gasteiger charge is 2.56. The van der Waals surface area contributed by atoms with Gasteiger partial charge in [-0.3, -0.25) is 14.4 Å². The van der Waals surface area contributed by atoms with Crippen molar-refractivity contribution in [1.82, 2.24) is 9.80 Å². The summed E-state index contributed by atoms with van der Waals surface area (Å²) in [7, 11) is 0. The molecule has 3 atom stereocenters. The first kappa shape index (κ1) is 23.0. The Morgan fingerprint density at radius 1 is 1.26 bits per heavy atom. The van der Waals surface area contributed by atoms with Gasteiger partial charge >= 0.3 is 0 Å². The van der Waals surface area contributed by atoms with Crippen LogP contribution < -0.4 is 5.32 Å². The van der Waals surface area contributed by atoms with Crippen LogP contribution in [0.15, 0.2) is 42.5 Å². The first-order chi connectivity index (χ1) is 16.7. The van der Waals surface area contributed by atoms with Crippen LogP contribution in [0.5, 0.6) is 0 Å². The second-order valence-electron chi connectivity index (χ2n) is 10.1. The van der Waals surface area contributed by atoms with Crippen molar-refractivity contribution in [3.63, 3.8) is 0 Å². The van der Waals surface area contributed by atoms with E-state index in [1.807, 2.05) is 38.1 Å². The highest BCUT2D eigenvalue weighted by Crippen LogP contribution is 2.46. The molecule has 0 unspecified atom stereocenters. The third-order valence-corrected chi connectivity index (χ3v) is 7.45. The quantitative estimate of drug-likeness (QED) is 0.736. The van der Waals surface area contributed by atoms with Crippen LogP contribution in [0.4, 0.5) is 10.1 Å². The van der Waals surface area contributed by atoms with Crippen LogP contribution in [-0.2, 0) is 21.4 Å². The van der Waals surface area contributed by atoms with E-state index in [0.29, 0.717) is 29.7 Å². The molecule has 1 fully saturated rings. The van der Waals surface area contributed by atoms with Gasteiger partial charge in [0.15, 0.2) is 0 Å². The predicted octanol–water partition coefficient (Wildman–Crippen LogP) is 3.25. The number of nitrogens with one attached hydrogen (secondary N) is 1. The van der Waals surface area contributed by atoms with Crippen molar-refractivity contribution >= 4 is 23.4 Å². The fraction of sp³-hybridized carbons (Fsp3) is 0.407. The Bertz CT molecular complexity index is 1270. The van der Waals surface area contributed by atoms with Crippen molar-refractivity contribution in [1.29, 1.82) is 5.26 Å². The molecule has 5 rings (SSSR count). The number of nitrogens with zero attached hydrogens (tertiary/aromatic N) is 3. The number of hydrogen-bond acceptors (Lipinski definition) is 4. The zero-order chi connectivity index (χ0) is 24.9. The number of hydrogen-bond donors (Lipinski definition) is 1. The van der Waals surface area contributed by atoms with E-state index < -0.39 is 23.3 Å². The van der Waals surface area contributed by atoms with Crippen molar-refractivity contribution in [3.05, 3.63) is 65.0 Å². The van der Waals surface area contributed by atoms with Crippen molar-refractivity contribution in [2.24, 2.45) is 5.92 Å². The van der Waals surface area contributed by atoms with Crippen LogP contribution in [0.2, 0.25) is 0 Å². The molecule has 1 N–H and O–H groups in total. The zero-order valence-corrected chi connectivity index (χ0v) is 19.8. The Hall–Kier alpha value is -3.73. The summed E-state index contributed by atoms with van der Waals surface area (Å²) in [5.41, 5.74) is 1.56. The molecule has 8 heteroatoms. The van der Waals surface area contributed by atoms with Crippen LogP contribution >= 0.6 is 0 Å². The van der Waals surface area contributed by atoms with Crippen molar-refractivity contribution in [2.75, 3.05) is 18.4 Å². The minimum atomic E-state index is -0.981. The molecule has 1 saturated heterocycles. The minimum Gasteiger partial charge on any atom is -0.326 e. The summed E-state index contributed by atoms with van der Waals surface area (Å²) < 4.78 is 13.7. The number of fused-ring (bicyclic) bond motifs is 3. The number of benzene rings is 2. The maximum absolute atomic E-state index is 14.0. The van der Waals surface area contributed by atoms with Gasteiger partial charge in [-0.25, -0.2) is 4.39 Å². The molecule has 3 amide bonds. The molecule has 0 bridgehead atoms. The number of rotatable bonds is 4. The van der Waals surface area contributed by atoms with Gasteiger partial charge in [0.2, 0.25) is 11.8 Å². The molecule has 1 spiro atoms. The molecule has 180 valence electrons. The Balaban J connectivity index is 1.48. The van der Waals surface area contributed by atoms with Gasteiger partial charge in [-0.2, -0.15) is 5.26 Å². The van der Waals surface area contributed by atoms with Crippen LogP contribution in [0.25, 0.3) is 0 Å². The van der Waals surface area contributed by atoms with E-state index in [9.17, 15) is 24.0 Å². The van der Waals surface area contributed by atoms with Crippen LogP contribution in [0, 0.1) is 23.1 Å². The van der Waals surface area contributed by atoms with E-state index in [0.717, 1.165) is 5.56 Å². The number of anilines is 1. The summed E-state index contributed by atoms with van der Waals surface area (Å²) in [4.78, 5) is 43.5. The van der Waals surface area contributed by atoms with E-state index in [-0.39, 0.29) is 43.1 Å². The maximum Gasteiger partial charge on any atom is 0.254 e. The van der Waals surface area contributed by atoms with E-state index in [1.54, 1.807) is 4.90 Å². The molecule has 3 aliphatic rings. The topological polar surface area (TPSA) is 93.5 Å². The summed E-state index contributed by atoms with van der Waals surface area (Å²) in [6.07, 6.45) is 1.08. The molecule has 0 saturated carbocycles. The summed E-state index contributed by atoms with van der Waals surface area (Å²) in [6, 6.07) is 12.1. The number of amides is 3. The number of para-hydroxylation sites is 1. The monoisotopic (exact) mass is 474 g/mol. The number of halogens is 1. The van der Waals surface area contributed by atoms with Gasteiger partial charge in [0.1, 0.15) is 17.9 Å². The van der Waals surface area contributed by atoms with E-state index in [4.69, 9.17) is 0 Å². The maximum atomic E-state index is 14.0. The lowest BCUT2D eigenvalue weighted by Gasteiger charge is -2.38. The Kier molecular flexibility index (Phi) is 5.59. The van der Waals surface area contributed by atoms with Crippen LogP contribution in [0.3, 0.4) is 0 Å². The second kappa shape index (κ2) is 8.49. The van der Waals surface area contributed by atoms with Gasteiger partial charge in [0.05, 0.1) is 11.5 Å². The lowest BCUT2D eigenvalue weighted by atomic mass is 9.80. The minimum absolute atomic E-state index is 0.0886. The molecule has 0 aliphatic carbocycles. The largest absolute Gasteiger partial charge is 0.326 e. The number of nitriles is 1. The molecule has 2 aromatic rings. The molecule has 0 radical (unpaired) electrons. The predicted molar refractivity (Wildman–Crippen MR) is 127 cm³/mol. The van der Waals surface area contributed by atoms with Gasteiger partial charge in [-0.05, 0) is 54.2 Å². The van der Waals surface area contributed by atoms with Crippen molar-refractivity contribution in [2.45, 2.75) is 50.6 Å². The fourth-order valence-electron chi connectivity index (χ4n) is 5.76. The summed E-state index contributed by atoms with van der Waals surface area (Å²) in [6.45, 7) is 4.33. The highest BCUT2D eigenvalue weighted by molar-refractivity contribution is 6.07. The third-order valence-electron chi connectivity index (χ3n) is 7.45. The van der Waals surface area contributed by atoms with Crippen LogP contribution in [0.1, 0.15) is 48.2 Å². The van der Waals surface area contributed by atoms with Crippen LogP contribution in [-0.4, -0.2) is 52.7 Å². The number of carbonyl (C=O) groups is 3. The van der Waals surface area contributed by atoms with Gasteiger partial charge in [-0.15, -0.1) is 0 Å². The molecule has 2 aromatic carbocycles. The molecular formula is C27H27FN4O3. The Labute approximate surface area is 203 Å². The lowest BCUT2D eigenvalue weighted by molar-refractivity contribution is -0.137. The highest BCUT2D eigenvalue weighted by atomic mass is 19.1. The van der Waals surface area contributed by atoms with E-state index >= 15 is 0 Å². The summed E-state index contributed by atoms with van der Waals surface area (Å²) >= 11 is 0. The summed E-state index contributed by atoms with van der Waals surface area (Å²) in [5.74, 6) is -1.12. The Morgan fingerprint density at radius 3 is 2.77 bits per heavy atom. The first-order valence-corrected chi connectivity index (χ1v) is 12.0. The van der Waals surface area contributed by atoms with Gasteiger partial charge in [0.25, 0.3) is 5.91 Å². The van der Waals surface area contributed by atoms with E-state index in [1.165, 1.54) is 23.1 Å². The van der Waals surface area contributed by atoms with Crippen molar-refractivity contribution in [3.8, 4) is 6.07 Å². The van der Waals surface area contributed by atoms with Gasteiger partial charge in [-0.1, -0.05) is 32.0 Å². The van der Waals surface area contributed by atoms with Gasteiger partial charge in [0, 0.05) is 30.8 Å². The van der Waals surface area contributed by atoms with Gasteiger partial charge < -0.3 is 15.1 Å². The normalized spacial score (nSPS) is 23.8. The molecule has 35 heavy (non-hydrogen) atoms. The molecule has 0 aromatic heterocycles. The molecule has 3 aliphatic heterocycles. The fourth-order valence-corrected chi connectivity index (χ4v) is 5.76. The standard InChI is InChI=1S/C27H27FN4O3/c1-16(2)11-23(31-10-9-17-12-18(28)7-8-20(17)24(31)33)25(34)32-15-27(13-19(32)14-29)21-5-3-4-6-22(21)30-26(27)35/h3-8,12,16,19,23H,9-11,13,15H2,1-2H3,(H,30,35)/t19-,23-,27-/m0/s1. The second-order valence-corrected chi connectivity index (χ2v) is 10.1. The third kappa shape index (κ3) is 3.66. The molecule has 3 heterocycles. The first-order valence-electron chi connectivity index (χ1n) is 12.0. The molecular weight excluding hydrogens is 447 g/mol. The lowest BCUT2D eigenvalue weighted by Crippen LogP contribution is -2.55. The van der Waals surface area contributed by atoms with E-state index in [2.05, 4.69) is 11.4 Å². The number of carbonyl (C=O) groups excluding carboxylic acids is 3. The average molecular weight is 475 g/mol. The molecule has 7 nitrogen and oxygen atoms in total. The van der Waals surface area contributed by atoms with Crippen molar-refractivity contribution < 1.29 is 18.8 Å². The smallest absolute Gasteiger partial charge is 0.254 e. The number of likely N-dealkylation sites (tertiary alicyclic amines) is 1. The SMILES string of the molecule is CC(C)C[C@@H](C(=O)N1C[C@]2(C[C@H]1C#N)C(=O)Nc1ccccc12)N1CCc2cc(F)ccc2C1=O. The zero-order valence-electron chi connectivity index (χ0n) is 19.8. The Morgan fingerprint density at radius 2 is 2.03 bits per heavy atom. The summed E-state index contributed by atoms with van der Waals surface area (Å²) in [5, 5.41) is 12.9. The average Bonchev–Trinajstić information content (AvgIpc) is 3.36.